The Labute approximate surface area is 137 Å². The summed E-state index contributed by atoms with van der Waals surface area (Å²) >= 11 is 1.98. The maximum Gasteiger partial charge on any atom is 0.0345 e. The third-order valence-corrected chi connectivity index (χ3v) is 6.52. The van der Waals surface area contributed by atoms with Crippen molar-refractivity contribution < 1.29 is 0 Å². The number of thiophene rings is 1. The number of nitrogens with zero attached hydrogens (tertiary/aromatic N) is 2. The second-order valence-corrected chi connectivity index (χ2v) is 8.11. The molecule has 0 amide bonds. The van der Waals surface area contributed by atoms with E-state index < -0.39 is 0 Å². The van der Waals surface area contributed by atoms with Crippen LogP contribution in [0.15, 0.2) is 30.3 Å². The van der Waals surface area contributed by atoms with Crippen LogP contribution < -0.4 is 0 Å². The molecule has 4 rings (SSSR count). The highest BCUT2D eigenvalue weighted by Crippen LogP contribution is 2.26. The minimum atomic E-state index is 0.938. The number of hydrogen-bond acceptors (Lipinski definition) is 3. The summed E-state index contributed by atoms with van der Waals surface area (Å²) in [5, 5.41) is 1.41. The van der Waals surface area contributed by atoms with Crippen LogP contribution in [0.1, 0.15) is 24.1 Å². The minimum Gasteiger partial charge on any atom is -0.302 e. The van der Waals surface area contributed by atoms with Gasteiger partial charge in [0.25, 0.3) is 0 Å². The smallest absolute Gasteiger partial charge is 0.0345 e. The summed E-state index contributed by atoms with van der Waals surface area (Å²) in [6.07, 6.45) is 5.48. The summed E-state index contributed by atoms with van der Waals surface area (Å²) in [4.78, 5) is 6.96. The van der Waals surface area contributed by atoms with Gasteiger partial charge in [0.15, 0.2) is 0 Å². The average molecular weight is 314 g/mol. The van der Waals surface area contributed by atoms with Crippen molar-refractivity contribution in [2.75, 3.05) is 39.3 Å². The first-order chi connectivity index (χ1) is 10.9. The Kier molecular flexibility index (Phi) is 4.47. The van der Waals surface area contributed by atoms with Gasteiger partial charge in [-0.3, -0.25) is 0 Å². The van der Waals surface area contributed by atoms with Gasteiger partial charge in [-0.2, -0.15) is 0 Å². The first kappa shape index (κ1) is 14.7. The number of fused-ring (bicyclic) bond motifs is 4. The molecule has 3 heteroatoms. The molecule has 22 heavy (non-hydrogen) atoms. The molecule has 3 heterocycles. The molecule has 2 unspecified atom stereocenters. The van der Waals surface area contributed by atoms with Crippen LogP contribution >= 0.6 is 11.3 Å². The Morgan fingerprint density at radius 2 is 2.00 bits per heavy atom. The van der Waals surface area contributed by atoms with Crippen LogP contribution in [-0.2, 0) is 6.42 Å². The second kappa shape index (κ2) is 6.69. The minimum absolute atomic E-state index is 0.938. The van der Waals surface area contributed by atoms with E-state index in [1.54, 1.807) is 4.88 Å². The van der Waals surface area contributed by atoms with Crippen molar-refractivity contribution in [1.82, 2.24) is 9.80 Å². The summed E-state index contributed by atoms with van der Waals surface area (Å²) in [5.41, 5.74) is 0. The molecule has 1 aromatic carbocycles. The molecule has 0 radical (unpaired) electrons. The number of benzene rings is 1. The van der Waals surface area contributed by atoms with E-state index in [-0.39, 0.29) is 0 Å². The van der Waals surface area contributed by atoms with Gasteiger partial charge in [0.1, 0.15) is 0 Å². The van der Waals surface area contributed by atoms with Crippen molar-refractivity contribution >= 4 is 21.4 Å². The van der Waals surface area contributed by atoms with Crippen LogP contribution in [0.4, 0.5) is 0 Å². The van der Waals surface area contributed by atoms with Gasteiger partial charge < -0.3 is 9.80 Å². The van der Waals surface area contributed by atoms with Crippen LogP contribution in [0.25, 0.3) is 10.1 Å². The van der Waals surface area contributed by atoms with Crippen LogP contribution in [-0.4, -0.2) is 49.1 Å². The van der Waals surface area contributed by atoms with Crippen LogP contribution in [0.5, 0.6) is 0 Å². The quantitative estimate of drug-likeness (QED) is 0.849. The van der Waals surface area contributed by atoms with Crippen molar-refractivity contribution in [2.24, 2.45) is 5.92 Å². The predicted molar refractivity (Wildman–Crippen MR) is 95.8 cm³/mol. The fraction of sp³-hybridized carbons (Fsp3) is 0.579. The standard InChI is InChI=1S/C19H26N2S/c1-2-6-19-17(5-1)14-18(22-19)8-11-21-13-12-20-9-3-4-16(15-21)7-10-20/h1-2,5-6,14,16H,3-4,7-13,15H2. The fourth-order valence-corrected chi connectivity index (χ4v) is 5.05. The van der Waals surface area contributed by atoms with E-state index in [1.165, 1.54) is 75.0 Å². The molecule has 2 aliphatic heterocycles. The van der Waals surface area contributed by atoms with Crippen LogP contribution in [0.2, 0.25) is 0 Å². The summed E-state index contributed by atoms with van der Waals surface area (Å²) in [5.74, 6) is 0.938. The monoisotopic (exact) mass is 314 g/mol. The Morgan fingerprint density at radius 3 is 2.95 bits per heavy atom. The summed E-state index contributed by atoms with van der Waals surface area (Å²) in [6.45, 7) is 7.78. The fourth-order valence-electron chi connectivity index (χ4n) is 4.00. The highest BCUT2D eigenvalue weighted by Gasteiger charge is 2.23. The van der Waals surface area contributed by atoms with E-state index in [1.807, 2.05) is 11.3 Å². The third-order valence-electron chi connectivity index (χ3n) is 5.34. The van der Waals surface area contributed by atoms with Crippen molar-refractivity contribution in [3.8, 4) is 0 Å². The van der Waals surface area contributed by atoms with E-state index in [4.69, 9.17) is 0 Å². The maximum atomic E-state index is 2.73. The Hall–Kier alpha value is -0.900. The number of hydrogen-bond donors (Lipinski definition) is 0. The lowest BCUT2D eigenvalue weighted by molar-refractivity contribution is 0.164. The Balaban J connectivity index is 1.39. The predicted octanol–water partition coefficient (Wildman–Crippen LogP) is 3.86. The van der Waals surface area contributed by atoms with Crippen molar-refractivity contribution in [3.05, 3.63) is 35.2 Å². The first-order valence-electron chi connectivity index (χ1n) is 8.79. The molecule has 2 fully saturated rings. The van der Waals surface area contributed by atoms with Crippen molar-refractivity contribution in [1.29, 1.82) is 0 Å². The van der Waals surface area contributed by atoms with E-state index >= 15 is 0 Å². The van der Waals surface area contributed by atoms with E-state index in [0.717, 1.165) is 5.92 Å². The van der Waals surface area contributed by atoms with Gasteiger partial charge >= 0.3 is 0 Å². The topological polar surface area (TPSA) is 6.48 Å². The Bertz CT molecular complexity index is 588. The molecule has 2 aromatic rings. The molecule has 0 aliphatic carbocycles. The van der Waals surface area contributed by atoms with Crippen LogP contribution in [0, 0.1) is 5.92 Å². The molecule has 2 atom stereocenters. The molecule has 2 saturated heterocycles. The summed E-state index contributed by atoms with van der Waals surface area (Å²) < 4.78 is 1.44. The summed E-state index contributed by atoms with van der Waals surface area (Å²) in [6, 6.07) is 11.2. The molecule has 0 spiro atoms. The molecule has 2 aliphatic rings. The lowest BCUT2D eigenvalue weighted by Crippen LogP contribution is -2.41. The zero-order valence-electron chi connectivity index (χ0n) is 13.3. The highest BCUT2D eigenvalue weighted by molar-refractivity contribution is 7.19. The second-order valence-electron chi connectivity index (χ2n) is 6.94. The molecular weight excluding hydrogens is 288 g/mol. The highest BCUT2D eigenvalue weighted by atomic mass is 32.1. The molecular formula is C19H26N2S. The molecule has 0 N–H and O–H groups in total. The van der Waals surface area contributed by atoms with Gasteiger partial charge in [0.05, 0.1) is 0 Å². The largest absolute Gasteiger partial charge is 0.302 e. The summed E-state index contributed by atoms with van der Waals surface area (Å²) in [7, 11) is 0. The lowest BCUT2D eigenvalue weighted by Gasteiger charge is -2.31. The Morgan fingerprint density at radius 1 is 1.05 bits per heavy atom. The van der Waals surface area contributed by atoms with E-state index in [2.05, 4.69) is 40.1 Å². The van der Waals surface area contributed by atoms with E-state index in [9.17, 15) is 0 Å². The third kappa shape index (κ3) is 3.37. The van der Waals surface area contributed by atoms with Gasteiger partial charge in [-0.15, -0.1) is 11.3 Å². The van der Waals surface area contributed by atoms with Gasteiger partial charge in [0.2, 0.25) is 0 Å². The zero-order valence-corrected chi connectivity index (χ0v) is 14.2. The molecule has 1 aromatic heterocycles. The van der Waals surface area contributed by atoms with E-state index in [0.29, 0.717) is 0 Å². The van der Waals surface area contributed by atoms with Gasteiger partial charge in [0, 0.05) is 35.8 Å². The normalized spacial score (nSPS) is 26.7. The zero-order chi connectivity index (χ0) is 14.8. The van der Waals surface area contributed by atoms with Gasteiger partial charge in [-0.1, -0.05) is 18.2 Å². The average Bonchev–Trinajstić information content (AvgIpc) is 2.85. The SMILES string of the molecule is c1ccc2sc(CCN3CCN4CCCC(CC4)C3)cc2c1. The lowest BCUT2D eigenvalue weighted by atomic mass is 9.99. The van der Waals surface area contributed by atoms with Crippen molar-refractivity contribution in [3.63, 3.8) is 0 Å². The maximum absolute atomic E-state index is 2.73. The molecule has 118 valence electrons. The molecule has 0 saturated carbocycles. The molecule has 2 bridgehead atoms. The number of rotatable bonds is 3. The van der Waals surface area contributed by atoms with Gasteiger partial charge in [-0.05, 0) is 62.2 Å². The van der Waals surface area contributed by atoms with Crippen LogP contribution in [0.3, 0.4) is 0 Å². The first-order valence-corrected chi connectivity index (χ1v) is 9.61. The van der Waals surface area contributed by atoms with Crippen molar-refractivity contribution in [2.45, 2.75) is 25.7 Å². The van der Waals surface area contributed by atoms with Gasteiger partial charge in [-0.25, -0.2) is 0 Å². The molecule has 2 nitrogen and oxygen atoms in total.